The highest BCUT2D eigenvalue weighted by molar-refractivity contribution is 5.75. The molecule has 0 aliphatic heterocycles. The van der Waals surface area contributed by atoms with Crippen molar-refractivity contribution in [3.8, 4) is 0 Å². The van der Waals surface area contributed by atoms with E-state index in [2.05, 4.69) is 13.8 Å². The van der Waals surface area contributed by atoms with Gasteiger partial charge >= 0.3 is 5.97 Å². The maximum Gasteiger partial charge on any atom is 0.310 e. The molecule has 0 amide bonds. The van der Waals surface area contributed by atoms with E-state index in [1.54, 1.807) is 0 Å². The van der Waals surface area contributed by atoms with E-state index < -0.39 is 5.97 Å². The van der Waals surface area contributed by atoms with Crippen molar-refractivity contribution in [2.45, 2.75) is 71.1 Å². The second-order valence-corrected chi connectivity index (χ2v) is 6.03. The van der Waals surface area contributed by atoms with Gasteiger partial charge < -0.3 is 5.11 Å². The Labute approximate surface area is 129 Å². The highest BCUT2D eigenvalue weighted by Crippen LogP contribution is 2.26. The zero-order valence-electron chi connectivity index (χ0n) is 13.6. The summed E-state index contributed by atoms with van der Waals surface area (Å²) in [6.45, 7) is 4.47. The average molecular weight is 290 g/mol. The lowest BCUT2D eigenvalue weighted by molar-refractivity contribution is -0.139. The van der Waals surface area contributed by atoms with Crippen molar-refractivity contribution < 1.29 is 9.90 Å². The number of benzene rings is 1. The number of rotatable bonds is 11. The van der Waals surface area contributed by atoms with Crippen LogP contribution in [0.4, 0.5) is 0 Å². The van der Waals surface area contributed by atoms with Crippen LogP contribution in [0.3, 0.4) is 0 Å². The Morgan fingerprint density at radius 1 is 0.952 bits per heavy atom. The first-order valence-electron chi connectivity index (χ1n) is 8.46. The van der Waals surface area contributed by atoms with Gasteiger partial charge in [-0.15, -0.1) is 0 Å². The third-order valence-corrected chi connectivity index (χ3v) is 4.27. The van der Waals surface area contributed by atoms with Gasteiger partial charge in [0.25, 0.3) is 0 Å². The SMILES string of the molecule is CCCCC(CCC)CCCC(C(=O)O)c1ccccc1. The zero-order chi connectivity index (χ0) is 15.5. The van der Waals surface area contributed by atoms with Crippen LogP contribution < -0.4 is 0 Å². The monoisotopic (exact) mass is 290 g/mol. The second-order valence-electron chi connectivity index (χ2n) is 6.03. The Morgan fingerprint density at radius 2 is 1.62 bits per heavy atom. The molecule has 0 aromatic heterocycles. The Kier molecular flexibility index (Phi) is 8.80. The molecule has 0 heterocycles. The third-order valence-electron chi connectivity index (χ3n) is 4.27. The predicted molar refractivity (Wildman–Crippen MR) is 88.6 cm³/mol. The number of carboxylic acid groups (broad SMARTS) is 1. The van der Waals surface area contributed by atoms with Crippen LogP contribution in [0.2, 0.25) is 0 Å². The maximum absolute atomic E-state index is 11.5. The van der Waals surface area contributed by atoms with Gasteiger partial charge in [0.05, 0.1) is 5.92 Å². The van der Waals surface area contributed by atoms with Crippen molar-refractivity contribution in [1.29, 1.82) is 0 Å². The number of unbranched alkanes of at least 4 members (excludes halogenated alkanes) is 1. The molecule has 2 nitrogen and oxygen atoms in total. The van der Waals surface area contributed by atoms with Gasteiger partial charge in [-0.3, -0.25) is 4.79 Å². The molecule has 0 spiro atoms. The highest BCUT2D eigenvalue weighted by atomic mass is 16.4. The van der Waals surface area contributed by atoms with Crippen molar-refractivity contribution in [3.05, 3.63) is 35.9 Å². The lowest BCUT2D eigenvalue weighted by Crippen LogP contribution is -2.12. The first kappa shape index (κ1) is 17.7. The van der Waals surface area contributed by atoms with Crippen molar-refractivity contribution >= 4 is 5.97 Å². The standard InChI is InChI=1S/C19H30O2/c1-3-5-11-16(10-4-2)12-9-15-18(19(20)21)17-13-7-6-8-14-17/h6-8,13-14,16,18H,3-5,9-12,15H2,1-2H3,(H,20,21). The zero-order valence-corrected chi connectivity index (χ0v) is 13.6. The number of carboxylic acids is 1. The fraction of sp³-hybridized carbons (Fsp3) is 0.632. The molecule has 2 heteroatoms. The van der Waals surface area contributed by atoms with Gasteiger partial charge in [0.1, 0.15) is 0 Å². The molecule has 0 bridgehead atoms. The fourth-order valence-corrected chi connectivity index (χ4v) is 3.06. The average Bonchev–Trinajstić information content (AvgIpc) is 2.49. The summed E-state index contributed by atoms with van der Waals surface area (Å²) < 4.78 is 0. The fourth-order valence-electron chi connectivity index (χ4n) is 3.06. The van der Waals surface area contributed by atoms with Gasteiger partial charge in [-0.1, -0.05) is 89.1 Å². The van der Waals surface area contributed by atoms with Gasteiger partial charge in [-0.2, -0.15) is 0 Å². The highest BCUT2D eigenvalue weighted by Gasteiger charge is 2.19. The van der Waals surface area contributed by atoms with Gasteiger partial charge in [0, 0.05) is 0 Å². The minimum absolute atomic E-state index is 0.348. The molecule has 1 N–H and O–H groups in total. The first-order chi connectivity index (χ1) is 10.2. The molecule has 0 aliphatic carbocycles. The summed E-state index contributed by atoms with van der Waals surface area (Å²) in [5, 5.41) is 9.44. The number of carbonyl (C=O) groups is 1. The summed E-state index contributed by atoms with van der Waals surface area (Å²) in [5.74, 6) is -0.262. The third kappa shape index (κ3) is 6.79. The van der Waals surface area contributed by atoms with Crippen LogP contribution in [-0.2, 0) is 4.79 Å². The minimum atomic E-state index is -0.693. The van der Waals surface area contributed by atoms with Crippen LogP contribution in [0.25, 0.3) is 0 Å². The molecule has 1 aromatic rings. The van der Waals surface area contributed by atoms with Crippen molar-refractivity contribution in [2.24, 2.45) is 5.92 Å². The van der Waals surface area contributed by atoms with E-state index in [-0.39, 0.29) is 5.92 Å². The van der Waals surface area contributed by atoms with Crippen LogP contribution >= 0.6 is 0 Å². The van der Waals surface area contributed by atoms with Crippen LogP contribution in [0.1, 0.15) is 76.7 Å². The van der Waals surface area contributed by atoms with Crippen molar-refractivity contribution in [1.82, 2.24) is 0 Å². The molecule has 0 saturated carbocycles. The van der Waals surface area contributed by atoms with Crippen LogP contribution in [0.5, 0.6) is 0 Å². The molecule has 2 atom stereocenters. The quantitative estimate of drug-likeness (QED) is 0.573. The lowest BCUT2D eigenvalue weighted by Gasteiger charge is -2.17. The predicted octanol–water partition coefficient (Wildman–Crippen LogP) is 5.63. The van der Waals surface area contributed by atoms with Crippen molar-refractivity contribution in [3.63, 3.8) is 0 Å². The summed E-state index contributed by atoms with van der Waals surface area (Å²) in [5.41, 5.74) is 0.936. The summed E-state index contributed by atoms with van der Waals surface area (Å²) in [6.07, 6.45) is 9.30. The van der Waals surface area contributed by atoms with Crippen LogP contribution in [0, 0.1) is 5.92 Å². The molecule has 0 aliphatic rings. The van der Waals surface area contributed by atoms with Gasteiger partial charge in [0.2, 0.25) is 0 Å². The molecule has 0 radical (unpaired) electrons. The van der Waals surface area contributed by atoms with Crippen LogP contribution in [-0.4, -0.2) is 11.1 Å². The molecular formula is C19H30O2. The Hall–Kier alpha value is -1.31. The Morgan fingerprint density at radius 3 is 2.19 bits per heavy atom. The molecule has 0 saturated heterocycles. The Balaban J connectivity index is 2.47. The van der Waals surface area contributed by atoms with E-state index in [0.29, 0.717) is 0 Å². The minimum Gasteiger partial charge on any atom is -0.481 e. The lowest BCUT2D eigenvalue weighted by atomic mass is 9.88. The maximum atomic E-state index is 11.5. The molecule has 118 valence electrons. The topological polar surface area (TPSA) is 37.3 Å². The largest absolute Gasteiger partial charge is 0.481 e. The van der Waals surface area contributed by atoms with E-state index in [1.165, 1.54) is 38.5 Å². The summed E-state index contributed by atoms with van der Waals surface area (Å²) in [4.78, 5) is 11.5. The Bertz CT molecular complexity index is 386. The van der Waals surface area contributed by atoms with E-state index in [0.717, 1.165) is 24.3 Å². The summed E-state index contributed by atoms with van der Waals surface area (Å²) in [6, 6.07) is 9.64. The molecule has 1 aromatic carbocycles. The molecule has 1 rings (SSSR count). The molecular weight excluding hydrogens is 260 g/mol. The van der Waals surface area contributed by atoms with Gasteiger partial charge in [0.15, 0.2) is 0 Å². The normalized spacial score (nSPS) is 13.8. The number of aliphatic carboxylic acids is 1. The second kappa shape index (κ2) is 10.4. The smallest absolute Gasteiger partial charge is 0.310 e. The van der Waals surface area contributed by atoms with Gasteiger partial charge in [-0.05, 0) is 17.9 Å². The van der Waals surface area contributed by atoms with E-state index in [9.17, 15) is 9.90 Å². The van der Waals surface area contributed by atoms with Crippen molar-refractivity contribution in [2.75, 3.05) is 0 Å². The summed E-state index contributed by atoms with van der Waals surface area (Å²) >= 11 is 0. The summed E-state index contributed by atoms with van der Waals surface area (Å²) in [7, 11) is 0. The van der Waals surface area contributed by atoms with Crippen LogP contribution in [0.15, 0.2) is 30.3 Å². The first-order valence-corrected chi connectivity index (χ1v) is 8.46. The number of hydrogen-bond donors (Lipinski definition) is 1. The molecule has 21 heavy (non-hydrogen) atoms. The van der Waals surface area contributed by atoms with E-state index in [4.69, 9.17) is 0 Å². The van der Waals surface area contributed by atoms with E-state index >= 15 is 0 Å². The van der Waals surface area contributed by atoms with E-state index in [1.807, 2.05) is 30.3 Å². The molecule has 0 fully saturated rings. The molecule has 2 unspecified atom stereocenters. The number of hydrogen-bond acceptors (Lipinski definition) is 1. The van der Waals surface area contributed by atoms with Gasteiger partial charge in [-0.25, -0.2) is 0 Å².